The van der Waals surface area contributed by atoms with Gasteiger partial charge in [-0.05, 0) is 11.1 Å². The molecule has 0 aliphatic carbocycles. The minimum atomic E-state index is 0. The van der Waals surface area contributed by atoms with Gasteiger partial charge >= 0.3 is 37.7 Å². The van der Waals surface area contributed by atoms with Crippen LogP contribution < -0.4 is 37.7 Å². The average molecular weight is 198 g/mol. The zero-order valence-electron chi connectivity index (χ0n) is 12.4. The van der Waals surface area contributed by atoms with Crippen molar-refractivity contribution in [1.29, 1.82) is 0 Å². The standard InChI is InChI=1S/C14H14.2Li.2H/c1-12(13-8-4-2-5-9-13)14-10-6-3-7-11-14;;;;/h2-12H,1H3;;;;/q;2*+1;2*-1. The van der Waals surface area contributed by atoms with Crippen molar-refractivity contribution >= 4 is 0 Å². The molecule has 0 bridgehead atoms. The van der Waals surface area contributed by atoms with E-state index in [-0.39, 0.29) is 40.6 Å². The van der Waals surface area contributed by atoms with E-state index in [2.05, 4.69) is 67.6 Å². The molecule has 16 heavy (non-hydrogen) atoms. The van der Waals surface area contributed by atoms with E-state index in [1.807, 2.05) is 0 Å². The van der Waals surface area contributed by atoms with Crippen LogP contribution in [-0.4, -0.2) is 0 Å². The molecule has 74 valence electrons. The smallest absolute Gasteiger partial charge is 1.00 e. The van der Waals surface area contributed by atoms with E-state index in [0.29, 0.717) is 5.92 Å². The van der Waals surface area contributed by atoms with Crippen molar-refractivity contribution in [2.45, 2.75) is 12.8 Å². The van der Waals surface area contributed by atoms with Crippen molar-refractivity contribution in [2.24, 2.45) is 0 Å². The zero-order chi connectivity index (χ0) is 9.80. The van der Waals surface area contributed by atoms with Crippen LogP contribution in [0.2, 0.25) is 0 Å². The maximum absolute atomic E-state index is 2.24. The molecule has 0 fully saturated rings. The van der Waals surface area contributed by atoms with Crippen molar-refractivity contribution in [3.8, 4) is 0 Å². The van der Waals surface area contributed by atoms with Gasteiger partial charge in [0.2, 0.25) is 0 Å². The molecule has 0 aliphatic heterocycles. The van der Waals surface area contributed by atoms with Crippen LogP contribution >= 0.6 is 0 Å². The van der Waals surface area contributed by atoms with Gasteiger partial charge in [-0.2, -0.15) is 0 Å². The third-order valence-corrected chi connectivity index (χ3v) is 2.60. The van der Waals surface area contributed by atoms with Crippen LogP contribution in [0.15, 0.2) is 60.7 Å². The van der Waals surface area contributed by atoms with Gasteiger partial charge in [-0.15, -0.1) is 0 Å². The molecular weight excluding hydrogens is 182 g/mol. The minimum Gasteiger partial charge on any atom is -1.00 e. The van der Waals surface area contributed by atoms with Gasteiger partial charge < -0.3 is 2.85 Å². The quantitative estimate of drug-likeness (QED) is 0.493. The normalized spacial score (nSPS) is 9.12. The molecule has 0 aliphatic rings. The fraction of sp³-hybridized carbons (Fsp3) is 0.143. The molecule has 2 heteroatoms. The predicted molar refractivity (Wildman–Crippen MR) is 62.6 cm³/mol. The van der Waals surface area contributed by atoms with Crippen molar-refractivity contribution < 1.29 is 40.6 Å². The Morgan fingerprint density at radius 1 is 0.688 bits per heavy atom. The van der Waals surface area contributed by atoms with E-state index in [4.69, 9.17) is 0 Å². The number of rotatable bonds is 2. The Labute approximate surface area is 125 Å². The third kappa shape index (κ3) is 3.90. The van der Waals surface area contributed by atoms with Crippen LogP contribution in [0, 0.1) is 0 Å². The van der Waals surface area contributed by atoms with E-state index in [0.717, 1.165) is 0 Å². The first-order valence-electron chi connectivity index (χ1n) is 4.98. The molecule has 0 saturated heterocycles. The van der Waals surface area contributed by atoms with Crippen LogP contribution in [0.25, 0.3) is 0 Å². The topological polar surface area (TPSA) is 0 Å². The van der Waals surface area contributed by atoms with Gasteiger partial charge in [-0.25, -0.2) is 0 Å². The first-order valence-corrected chi connectivity index (χ1v) is 4.98. The fourth-order valence-corrected chi connectivity index (χ4v) is 1.68. The molecule has 0 aromatic heterocycles. The third-order valence-electron chi connectivity index (χ3n) is 2.60. The Morgan fingerprint density at radius 3 is 1.31 bits per heavy atom. The first kappa shape index (κ1) is 15.6. The summed E-state index contributed by atoms with van der Waals surface area (Å²) in [6.45, 7) is 2.24. The van der Waals surface area contributed by atoms with Crippen LogP contribution in [0.4, 0.5) is 0 Å². The Kier molecular flexibility index (Phi) is 7.66. The van der Waals surface area contributed by atoms with Gasteiger partial charge in [0.15, 0.2) is 0 Å². The molecule has 0 nitrogen and oxygen atoms in total. The average Bonchev–Trinajstić information content (AvgIpc) is 2.30. The summed E-state index contributed by atoms with van der Waals surface area (Å²) in [5, 5.41) is 0. The van der Waals surface area contributed by atoms with Crippen LogP contribution in [0.3, 0.4) is 0 Å². The van der Waals surface area contributed by atoms with Crippen molar-refractivity contribution in [3.63, 3.8) is 0 Å². The summed E-state index contributed by atoms with van der Waals surface area (Å²) >= 11 is 0. The Bertz CT molecular complexity index is 354. The van der Waals surface area contributed by atoms with Crippen LogP contribution in [0.1, 0.15) is 26.8 Å². The maximum Gasteiger partial charge on any atom is 1.00 e. The van der Waals surface area contributed by atoms with Gasteiger partial charge in [0.05, 0.1) is 0 Å². The van der Waals surface area contributed by atoms with E-state index in [1.165, 1.54) is 11.1 Å². The number of benzene rings is 2. The van der Waals surface area contributed by atoms with Gasteiger partial charge in [-0.3, -0.25) is 0 Å². The van der Waals surface area contributed by atoms with Crippen LogP contribution in [0.5, 0.6) is 0 Å². The summed E-state index contributed by atoms with van der Waals surface area (Å²) in [5.41, 5.74) is 2.75. The van der Waals surface area contributed by atoms with Crippen molar-refractivity contribution in [2.75, 3.05) is 0 Å². The van der Waals surface area contributed by atoms with Gasteiger partial charge in [0.1, 0.15) is 0 Å². The van der Waals surface area contributed by atoms with Gasteiger partial charge in [-0.1, -0.05) is 67.6 Å². The fourth-order valence-electron chi connectivity index (χ4n) is 1.68. The van der Waals surface area contributed by atoms with E-state index in [1.54, 1.807) is 0 Å². The summed E-state index contributed by atoms with van der Waals surface area (Å²) in [4.78, 5) is 0. The van der Waals surface area contributed by atoms with E-state index in [9.17, 15) is 0 Å². The molecule has 2 aromatic rings. The molecular formula is C14H16Li2. The molecule has 0 saturated carbocycles. The summed E-state index contributed by atoms with van der Waals surface area (Å²) in [7, 11) is 0. The minimum absolute atomic E-state index is 0. The van der Waals surface area contributed by atoms with Crippen molar-refractivity contribution in [1.82, 2.24) is 0 Å². The molecule has 0 unspecified atom stereocenters. The predicted octanol–water partition coefficient (Wildman–Crippen LogP) is -1.93. The number of hydrogen-bond donors (Lipinski definition) is 0. The Morgan fingerprint density at radius 2 is 1.00 bits per heavy atom. The van der Waals surface area contributed by atoms with Gasteiger partial charge in [0.25, 0.3) is 0 Å². The second-order valence-corrected chi connectivity index (χ2v) is 3.54. The molecule has 0 radical (unpaired) electrons. The molecule has 0 spiro atoms. The number of hydrogen-bond acceptors (Lipinski definition) is 0. The molecule has 2 aromatic carbocycles. The van der Waals surface area contributed by atoms with E-state index < -0.39 is 0 Å². The summed E-state index contributed by atoms with van der Waals surface area (Å²) in [5.74, 6) is 0.484. The van der Waals surface area contributed by atoms with Crippen molar-refractivity contribution in [3.05, 3.63) is 71.8 Å². The molecule has 2 rings (SSSR count). The summed E-state index contributed by atoms with van der Waals surface area (Å²) < 4.78 is 0. The molecule has 0 amide bonds. The second-order valence-electron chi connectivity index (χ2n) is 3.54. The Balaban J connectivity index is -0.000000562. The first-order chi connectivity index (χ1) is 6.88. The molecule has 0 atom stereocenters. The summed E-state index contributed by atoms with van der Waals surface area (Å²) in [6.07, 6.45) is 0. The molecule has 0 heterocycles. The zero-order valence-corrected chi connectivity index (χ0v) is 10.4. The maximum atomic E-state index is 2.24. The van der Waals surface area contributed by atoms with Gasteiger partial charge in [0, 0.05) is 5.92 Å². The Hall–Kier alpha value is -0.365. The molecule has 0 N–H and O–H groups in total. The van der Waals surface area contributed by atoms with E-state index >= 15 is 0 Å². The SMILES string of the molecule is CC(c1ccccc1)c1ccccc1.[H-].[H-].[Li+].[Li+]. The van der Waals surface area contributed by atoms with Crippen LogP contribution in [-0.2, 0) is 0 Å². The summed E-state index contributed by atoms with van der Waals surface area (Å²) in [6, 6.07) is 21.2. The monoisotopic (exact) mass is 198 g/mol. The second kappa shape index (κ2) is 7.83. The largest absolute Gasteiger partial charge is 1.00 e.